The van der Waals surface area contributed by atoms with Crippen LogP contribution < -0.4 is 11.1 Å². The van der Waals surface area contributed by atoms with Crippen LogP contribution in [0.15, 0.2) is 12.3 Å². The zero-order valence-corrected chi connectivity index (χ0v) is 7.92. The SMILES string of the molecule is CC1CCCCC1NC/C=C\N. The third-order valence-electron chi connectivity index (χ3n) is 2.75. The van der Waals surface area contributed by atoms with Crippen molar-refractivity contribution >= 4 is 0 Å². The van der Waals surface area contributed by atoms with E-state index < -0.39 is 0 Å². The average molecular weight is 168 g/mol. The molecule has 0 aromatic carbocycles. The Morgan fingerprint density at radius 2 is 2.17 bits per heavy atom. The fourth-order valence-corrected chi connectivity index (χ4v) is 1.91. The Morgan fingerprint density at radius 3 is 2.83 bits per heavy atom. The Bertz CT molecular complexity index is 143. The number of nitrogens with one attached hydrogen (secondary N) is 1. The lowest BCUT2D eigenvalue weighted by atomic mass is 9.86. The van der Waals surface area contributed by atoms with Crippen molar-refractivity contribution in [3.05, 3.63) is 12.3 Å². The first-order valence-electron chi connectivity index (χ1n) is 4.94. The molecule has 2 unspecified atom stereocenters. The maximum absolute atomic E-state index is 5.26. The standard InChI is InChI=1S/C10H20N2/c1-9-5-2-3-6-10(9)12-8-4-7-11/h4,7,9-10,12H,2-3,5-6,8,11H2,1H3/b7-4-. The summed E-state index contributed by atoms with van der Waals surface area (Å²) >= 11 is 0. The second kappa shape index (κ2) is 5.20. The van der Waals surface area contributed by atoms with Crippen LogP contribution in [-0.2, 0) is 0 Å². The molecular weight excluding hydrogens is 148 g/mol. The molecule has 0 spiro atoms. The van der Waals surface area contributed by atoms with Crippen molar-refractivity contribution in [1.29, 1.82) is 0 Å². The molecule has 1 aliphatic carbocycles. The minimum absolute atomic E-state index is 0.718. The van der Waals surface area contributed by atoms with Crippen molar-refractivity contribution in [1.82, 2.24) is 5.32 Å². The minimum atomic E-state index is 0.718. The van der Waals surface area contributed by atoms with Gasteiger partial charge in [-0.15, -0.1) is 0 Å². The van der Waals surface area contributed by atoms with Crippen LogP contribution in [0, 0.1) is 5.92 Å². The molecule has 2 nitrogen and oxygen atoms in total. The van der Waals surface area contributed by atoms with E-state index in [1.165, 1.54) is 25.7 Å². The van der Waals surface area contributed by atoms with Gasteiger partial charge in [-0.2, -0.15) is 0 Å². The molecule has 1 rings (SSSR count). The highest BCUT2D eigenvalue weighted by Gasteiger charge is 2.19. The van der Waals surface area contributed by atoms with Crippen LogP contribution in [0.3, 0.4) is 0 Å². The molecule has 0 saturated heterocycles. The molecule has 0 aromatic heterocycles. The molecule has 0 aromatic rings. The van der Waals surface area contributed by atoms with Gasteiger partial charge in [-0.25, -0.2) is 0 Å². The van der Waals surface area contributed by atoms with E-state index in [4.69, 9.17) is 5.73 Å². The summed E-state index contributed by atoms with van der Waals surface area (Å²) in [5, 5.41) is 3.51. The van der Waals surface area contributed by atoms with E-state index in [-0.39, 0.29) is 0 Å². The first-order valence-corrected chi connectivity index (χ1v) is 4.94. The topological polar surface area (TPSA) is 38.0 Å². The van der Waals surface area contributed by atoms with Gasteiger partial charge in [-0.05, 0) is 25.0 Å². The van der Waals surface area contributed by atoms with Crippen LogP contribution in [0.4, 0.5) is 0 Å². The molecular formula is C10H20N2. The van der Waals surface area contributed by atoms with Gasteiger partial charge in [0.1, 0.15) is 0 Å². The number of hydrogen-bond acceptors (Lipinski definition) is 2. The quantitative estimate of drug-likeness (QED) is 0.672. The fourth-order valence-electron chi connectivity index (χ4n) is 1.91. The van der Waals surface area contributed by atoms with Gasteiger partial charge in [0, 0.05) is 12.6 Å². The Morgan fingerprint density at radius 1 is 1.42 bits per heavy atom. The Hall–Kier alpha value is -0.500. The summed E-state index contributed by atoms with van der Waals surface area (Å²) in [6.07, 6.45) is 9.09. The van der Waals surface area contributed by atoms with Gasteiger partial charge in [0.05, 0.1) is 0 Å². The molecule has 0 amide bonds. The monoisotopic (exact) mass is 168 g/mol. The van der Waals surface area contributed by atoms with Crippen molar-refractivity contribution in [2.45, 2.75) is 38.6 Å². The van der Waals surface area contributed by atoms with E-state index in [2.05, 4.69) is 12.2 Å². The molecule has 0 heterocycles. The van der Waals surface area contributed by atoms with Gasteiger partial charge in [0.25, 0.3) is 0 Å². The number of rotatable bonds is 3. The Labute approximate surface area is 75.2 Å². The lowest BCUT2D eigenvalue weighted by molar-refractivity contribution is 0.288. The number of nitrogens with two attached hydrogens (primary N) is 1. The van der Waals surface area contributed by atoms with Gasteiger partial charge in [0.15, 0.2) is 0 Å². The molecule has 0 bridgehead atoms. The molecule has 1 fully saturated rings. The van der Waals surface area contributed by atoms with Crippen molar-refractivity contribution in [2.75, 3.05) is 6.54 Å². The van der Waals surface area contributed by atoms with E-state index in [1.54, 1.807) is 6.20 Å². The van der Waals surface area contributed by atoms with Crippen molar-refractivity contribution in [2.24, 2.45) is 11.7 Å². The number of hydrogen-bond donors (Lipinski definition) is 2. The first kappa shape index (κ1) is 9.59. The molecule has 1 saturated carbocycles. The largest absolute Gasteiger partial charge is 0.405 e. The van der Waals surface area contributed by atoms with Gasteiger partial charge in [-0.3, -0.25) is 0 Å². The summed E-state index contributed by atoms with van der Waals surface area (Å²) < 4.78 is 0. The summed E-state index contributed by atoms with van der Waals surface area (Å²) in [5.41, 5.74) is 5.26. The molecule has 0 aliphatic heterocycles. The van der Waals surface area contributed by atoms with Crippen LogP contribution in [-0.4, -0.2) is 12.6 Å². The Balaban J connectivity index is 2.20. The maximum Gasteiger partial charge on any atom is 0.0154 e. The van der Waals surface area contributed by atoms with E-state index in [0.29, 0.717) is 0 Å². The smallest absolute Gasteiger partial charge is 0.0154 e. The van der Waals surface area contributed by atoms with Crippen molar-refractivity contribution in [3.63, 3.8) is 0 Å². The van der Waals surface area contributed by atoms with E-state index in [0.717, 1.165) is 18.5 Å². The van der Waals surface area contributed by atoms with Crippen LogP contribution in [0.1, 0.15) is 32.6 Å². The third kappa shape index (κ3) is 2.86. The molecule has 70 valence electrons. The molecule has 0 radical (unpaired) electrons. The zero-order chi connectivity index (χ0) is 8.81. The highest BCUT2D eigenvalue weighted by molar-refractivity contribution is 4.84. The predicted molar refractivity (Wildman–Crippen MR) is 52.8 cm³/mol. The van der Waals surface area contributed by atoms with Gasteiger partial charge in [0.2, 0.25) is 0 Å². The highest BCUT2D eigenvalue weighted by atomic mass is 14.9. The van der Waals surface area contributed by atoms with Gasteiger partial charge >= 0.3 is 0 Å². The summed E-state index contributed by atoms with van der Waals surface area (Å²) in [7, 11) is 0. The van der Waals surface area contributed by atoms with Crippen LogP contribution in [0.5, 0.6) is 0 Å². The lowest BCUT2D eigenvalue weighted by Gasteiger charge is -2.29. The fraction of sp³-hybridized carbons (Fsp3) is 0.800. The summed E-state index contributed by atoms with van der Waals surface area (Å²) in [6, 6.07) is 0.718. The van der Waals surface area contributed by atoms with E-state index >= 15 is 0 Å². The van der Waals surface area contributed by atoms with Crippen molar-refractivity contribution < 1.29 is 0 Å². The predicted octanol–water partition coefficient (Wildman–Crippen LogP) is 1.63. The third-order valence-corrected chi connectivity index (χ3v) is 2.75. The zero-order valence-electron chi connectivity index (χ0n) is 7.92. The summed E-state index contributed by atoms with van der Waals surface area (Å²) in [4.78, 5) is 0. The molecule has 2 heteroatoms. The lowest BCUT2D eigenvalue weighted by Crippen LogP contribution is -2.37. The second-order valence-electron chi connectivity index (χ2n) is 3.70. The molecule has 3 N–H and O–H groups in total. The molecule has 2 atom stereocenters. The van der Waals surface area contributed by atoms with Crippen molar-refractivity contribution in [3.8, 4) is 0 Å². The average Bonchev–Trinajstić information content (AvgIpc) is 2.09. The normalized spacial score (nSPS) is 31.1. The first-order chi connectivity index (χ1) is 5.84. The minimum Gasteiger partial charge on any atom is -0.405 e. The molecule has 1 aliphatic rings. The Kier molecular flexibility index (Phi) is 4.15. The highest BCUT2D eigenvalue weighted by Crippen LogP contribution is 2.23. The van der Waals surface area contributed by atoms with Crippen LogP contribution >= 0.6 is 0 Å². The molecule has 12 heavy (non-hydrogen) atoms. The van der Waals surface area contributed by atoms with E-state index in [9.17, 15) is 0 Å². The maximum atomic E-state index is 5.26. The van der Waals surface area contributed by atoms with Gasteiger partial charge < -0.3 is 11.1 Å². The summed E-state index contributed by atoms with van der Waals surface area (Å²) in [6.45, 7) is 3.26. The summed E-state index contributed by atoms with van der Waals surface area (Å²) in [5.74, 6) is 0.838. The van der Waals surface area contributed by atoms with Gasteiger partial charge in [-0.1, -0.05) is 25.8 Å². The van der Waals surface area contributed by atoms with Crippen LogP contribution in [0.25, 0.3) is 0 Å². The van der Waals surface area contributed by atoms with Crippen LogP contribution in [0.2, 0.25) is 0 Å². The second-order valence-corrected chi connectivity index (χ2v) is 3.70. The van der Waals surface area contributed by atoms with E-state index in [1.807, 2.05) is 6.08 Å².